The van der Waals surface area contributed by atoms with Crippen molar-refractivity contribution in [3.05, 3.63) is 83.4 Å². The summed E-state index contributed by atoms with van der Waals surface area (Å²) in [6.07, 6.45) is 9.77. The first kappa shape index (κ1) is 50.0. The topological polar surface area (TPSA) is 218 Å². The Bertz CT molecular complexity index is 1880. The van der Waals surface area contributed by atoms with Crippen LogP contribution in [0.25, 0.3) is 0 Å². The van der Waals surface area contributed by atoms with E-state index in [1.807, 2.05) is 13.8 Å². The Morgan fingerprint density at radius 3 is 2.15 bits per heavy atom. The predicted octanol–water partition coefficient (Wildman–Crippen LogP) is 6.40. The molecule has 8 N–H and O–H groups in total. The summed E-state index contributed by atoms with van der Waals surface area (Å²) in [5.41, 5.74) is 7.62. The number of aliphatic carboxylic acids is 1. The van der Waals surface area contributed by atoms with Crippen molar-refractivity contribution in [2.24, 2.45) is 11.7 Å². The zero-order valence-electron chi connectivity index (χ0n) is 35.7. The number of methoxy groups -OCH3 is 1. The second-order valence-electron chi connectivity index (χ2n) is 16.0. The van der Waals surface area contributed by atoms with E-state index < -0.39 is 65.6 Å². The molecule has 0 aliphatic carbocycles. The van der Waals surface area contributed by atoms with E-state index in [9.17, 15) is 34.2 Å². The first-order chi connectivity index (χ1) is 28.8. The fourth-order valence-corrected chi connectivity index (χ4v) is 7.30. The molecular weight excluding hydrogens is 802 g/mol. The highest BCUT2D eigenvalue weighted by Gasteiger charge is 2.37. The number of aromatic hydroxyl groups is 1. The summed E-state index contributed by atoms with van der Waals surface area (Å²) < 4.78 is 11.6. The standard InChI is InChI=1S/C46H63N5O9.ClH/c1-5-6-7-8-9-10-11-12-16-19-39(53)50-41(46(57)58)40-32-27-37(52)42(59-4)38(28-32)60-33-22-20-31(21-23-33)26-35(48-43(54)34(47)24-29(2)3)44(55)49-36(45(56)51-40)25-30-17-14-13-15-18-30;/h13-15,17-18,20-23,27-29,34-36,40-41,52H,5-12,16,19,24-26,47H2,1-4H3,(H,48,54)(H,49,55)(H,50,53)(H,51,56)(H,57,58);1H/t34-,35-,36+,40-,41-;/m1./s1. The fraction of sp³-hybridized carbons (Fsp3) is 0.500. The molecular formula is C46H64ClN5O9. The summed E-state index contributed by atoms with van der Waals surface area (Å²) in [6, 6.07) is 11.7. The van der Waals surface area contributed by atoms with Gasteiger partial charge in [0.15, 0.2) is 17.5 Å². The van der Waals surface area contributed by atoms with Gasteiger partial charge in [-0.2, -0.15) is 0 Å². The highest BCUT2D eigenvalue weighted by atomic mass is 35.5. The Balaban J connectivity index is 0.00000992. The number of benzene rings is 3. The van der Waals surface area contributed by atoms with Gasteiger partial charge in [0.05, 0.1) is 19.2 Å². The van der Waals surface area contributed by atoms with E-state index in [0.717, 1.165) is 25.7 Å². The lowest BCUT2D eigenvalue weighted by atomic mass is 9.96. The molecule has 14 nitrogen and oxygen atoms in total. The van der Waals surface area contributed by atoms with E-state index >= 15 is 0 Å². The number of rotatable bonds is 20. The molecule has 0 radical (unpaired) electrons. The number of carboxylic acids is 1. The highest BCUT2D eigenvalue weighted by molar-refractivity contribution is 5.94. The average Bonchev–Trinajstić information content (AvgIpc) is 3.21. The summed E-state index contributed by atoms with van der Waals surface area (Å²) in [5, 5.41) is 32.8. The normalized spacial score (nSPS) is 17.5. The van der Waals surface area contributed by atoms with Crippen LogP contribution in [-0.2, 0) is 36.8 Å². The van der Waals surface area contributed by atoms with Gasteiger partial charge in [-0.25, -0.2) is 4.79 Å². The lowest BCUT2D eigenvalue weighted by Crippen LogP contribution is -2.58. The molecule has 0 fully saturated rings. The maximum Gasteiger partial charge on any atom is 0.328 e. The van der Waals surface area contributed by atoms with Gasteiger partial charge in [-0.05, 0) is 59.7 Å². The van der Waals surface area contributed by atoms with Crippen LogP contribution in [0, 0.1) is 5.92 Å². The summed E-state index contributed by atoms with van der Waals surface area (Å²) in [6.45, 7) is 6.04. The van der Waals surface area contributed by atoms with Crippen LogP contribution in [-0.4, -0.2) is 71.1 Å². The lowest BCUT2D eigenvalue weighted by molar-refractivity contribution is -0.143. The Morgan fingerprint density at radius 2 is 1.54 bits per heavy atom. The third-order valence-corrected chi connectivity index (χ3v) is 10.5. The monoisotopic (exact) mass is 865 g/mol. The van der Waals surface area contributed by atoms with E-state index in [1.54, 1.807) is 54.6 Å². The third kappa shape index (κ3) is 15.9. The Labute approximate surface area is 365 Å². The summed E-state index contributed by atoms with van der Waals surface area (Å²) in [7, 11) is 1.33. The quantitative estimate of drug-likeness (QED) is 0.0620. The number of unbranched alkanes of at least 4 members (excludes halogenated alkanes) is 8. The van der Waals surface area contributed by atoms with Crippen molar-refractivity contribution in [2.75, 3.05) is 7.11 Å². The number of nitrogens with two attached hydrogens (primary N) is 1. The molecule has 0 saturated heterocycles. The molecule has 2 aliphatic rings. The molecule has 4 bridgehead atoms. The summed E-state index contributed by atoms with van der Waals surface area (Å²) >= 11 is 0. The smallest absolute Gasteiger partial charge is 0.328 e. The number of hydrogen-bond acceptors (Lipinski definition) is 9. The lowest BCUT2D eigenvalue weighted by Gasteiger charge is -2.30. The van der Waals surface area contributed by atoms with Crippen LogP contribution < -0.4 is 36.5 Å². The first-order valence-electron chi connectivity index (χ1n) is 21.2. The molecule has 3 aromatic rings. The summed E-state index contributed by atoms with van der Waals surface area (Å²) in [4.78, 5) is 68.5. The van der Waals surface area contributed by atoms with Crippen LogP contribution >= 0.6 is 12.4 Å². The van der Waals surface area contributed by atoms with Crippen molar-refractivity contribution in [3.63, 3.8) is 0 Å². The van der Waals surface area contributed by atoms with E-state index in [1.165, 1.54) is 44.9 Å². The van der Waals surface area contributed by atoms with Crippen LogP contribution in [0.5, 0.6) is 23.0 Å². The Kier molecular flexibility index (Phi) is 20.9. The largest absolute Gasteiger partial charge is 0.504 e. The first-order valence-corrected chi connectivity index (χ1v) is 21.2. The minimum Gasteiger partial charge on any atom is -0.504 e. The van der Waals surface area contributed by atoms with Gasteiger partial charge in [0.25, 0.3) is 0 Å². The van der Waals surface area contributed by atoms with Gasteiger partial charge in [0.2, 0.25) is 29.4 Å². The van der Waals surface area contributed by atoms with E-state index in [-0.39, 0.29) is 54.6 Å². The van der Waals surface area contributed by atoms with Crippen LogP contribution in [0.2, 0.25) is 0 Å². The fourth-order valence-electron chi connectivity index (χ4n) is 7.30. The number of carboxylic acid groups (broad SMARTS) is 1. The number of carbonyl (C=O) groups excluding carboxylic acids is 4. The molecule has 0 unspecified atom stereocenters. The predicted molar refractivity (Wildman–Crippen MR) is 236 cm³/mol. The number of amides is 4. The number of nitrogens with one attached hydrogen (secondary N) is 4. The summed E-state index contributed by atoms with van der Waals surface area (Å²) in [5.74, 6) is -3.99. The molecule has 334 valence electrons. The van der Waals surface area contributed by atoms with E-state index in [2.05, 4.69) is 28.2 Å². The molecule has 0 aromatic heterocycles. The van der Waals surface area contributed by atoms with Crippen LogP contribution in [0.15, 0.2) is 66.7 Å². The second-order valence-corrected chi connectivity index (χ2v) is 16.0. The molecule has 5 atom stereocenters. The maximum atomic E-state index is 14.5. The van der Waals surface area contributed by atoms with Crippen molar-refractivity contribution in [3.8, 4) is 23.0 Å². The van der Waals surface area contributed by atoms with Crippen molar-refractivity contribution >= 4 is 42.0 Å². The zero-order chi connectivity index (χ0) is 43.6. The van der Waals surface area contributed by atoms with Crippen LogP contribution in [0.3, 0.4) is 0 Å². The molecule has 5 rings (SSSR count). The third-order valence-electron chi connectivity index (χ3n) is 10.5. The molecule has 0 spiro atoms. The van der Waals surface area contributed by atoms with Crippen molar-refractivity contribution in [1.29, 1.82) is 0 Å². The molecule has 3 aromatic carbocycles. The highest BCUT2D eigenvalue weighted by Crippen LogP contribution is 2.42. The molecule has 2 heterocycles. The van der Waals surface area contributed by atoms with Gasteiger partial charge in [0.1, 0.15) is 17.8 Å². The molecule has 4 amide bonds. The van der Waals surface area contributed by atoms with Crippen molar-refractivity contribution < 1.29 is 43.7 Å². The second kappa shape index (κ2) is 25.4. The van der Waals surface area contributed by atoms with Crippen LogP contribution in [0.1, 0.15) is 114 Å². The van der Waals surface area contributed by atoms with Gasteiger partial charge in [0, 0.05) is 19.3 Å². The number of halogens is 1. The van der Waals surface area contributed by atoms with Crippen molar-refractivity contribution in [1.82, 2.24) is 21.3 Å². The minimum atomic E-state index is -1.72. The number of carbonyl (C=O) groups is 5. The SMILES string of the molecule is CCCCCCCCCCCC(=O)N[C@@H](C(=O)O)[C@@H]1NC(=O)[C@H](Cc2ccccc2)NC(=O)[C@H](NC(=O)[C@H](N)CC(C)C)Cc2ccc(cc2)Oc2cc1cc(O)c2OC.Cl. The van der Waals surface area contributed by atoms with E-state index in [0.29, 0.717) is 29.7 Å². The number of fused-ring (bicyclic) bond motifs is 9. The number of phenols is 1. The van der Waals surface area contributed by atoms with E-state index in [4.69, 9.17) is 15.2 Å². The number of hydrogen-bond donors (Lipinski definition) is 7. The van der Waals surface area contributed by atoms with Gasteiger partial charge >= 0.3 is 5.97 Å². The average molecular weight is 866 g/mol. The van der Waals surface area contributed by atoms with Gasteiger partial charge < -0.3 is 46.7 Å². The maximum absolute atomic E-state index is 14.5. The molecule has 0 saturated carbocycles. The minimum absolute atomic E-state index is 0. The van der Waals surface area contributed by atoms with Gasteiger partial charge in [-0.3, -0.25) is 19.2 Å². The number of ether oxygens (including phenoxy) is 2. The number of phenolic OH excluding ortho intramolecular Hbond substituents is 1. The van der Waals surface area contributed by atoms with Gasteiger partial charge in [-0.15, -0.1) is 12.4 Å². The zero-order valence-corrected chi connectivity index (χ0v) is 36.6. The van der Waals surface area contributed by atoms with Gasteiger partial charge in [-0.1, -0.05) is 115 Å². The van der Waals surface area contributed by atoms with Crippen molar-refractivity contribution in [2.45, 2.75) is 134 Å². The van der Waals surface area contributed by atoms with Crippen LogP contribution in [0.4, 0.5) is 0 Å². The Morgan fingerprint density at radius 1 is 0.902 bits per heavy atom. The molecule has 2 aliphatic heterocycles. The molecule has 61 heavy (non-hydrogen) atoms. The molecule has 15 heteroatoms. The Hall–Kier alpha value is -5.34.